The van der Waals surface area contributed by atoms with E-state index in [-0.39, 0.29) is 36.3 Å². The SMILES string of the molecule is CC(=O)c1cccc(S(=O)(=O)N2CCC(C(=O)OCC(=O)NCC(C)C)CC2)c1. The van der Waals surface area contributed by atoms with Crippen molar-refractivity contribution in [3.63, 3.8) is 0 Å². The molecule has 1 aromatic carbocycles. The Morgan fingerprint density at radius 3 is 2.45 bits per heavy atom. The Morgan fingerprint density at radius 1 is 1.21 bits per heavy atom. The fourth-order valence-electron chi connectivity index (χ4n) is 2.98. The molecule has 0 unspecified atom stereocenters. The third-order valence-electron chi connectivity index (χ3n) is 4.72. The van der Waals surface area contributed by atoms with Gasteiger partial charge >= 0.3 is 5.97 Å². The zero-order valence-electron chi connectivity index (χ0n) is 17.0. The van der Waals surface area contributed by atoms with Gasteiger partial charge in [0, 0.05) is 25.2 Å². The van der Waals surface area contributed by atoms with Crippen LogP contribution in [0.2, 0.25) is 0 Å². The minimum atomic E-state index is -3.74. The number of sulfonamides is 1. The van der Waals surface area contributed by atoms with E-state index in [2.05, 4.69) is 5.32 Å². The van der Waals surface area contributed by atoms with Crippen LogP contribution in [0.15, 0.2) is 29.2 Å². The van der Waals surface area contributed by atoms with Gasteiger partial charge in [-0.25, -0.2) is 8.42 Å². The number of ketones is 1. The van der Waals surface area contributed by atoms with Crippen LogP contribution >= 0.6 is 0 Å². The van der Waals surface area contributed by atoms with Crippen LogP contribution in [0.5, 0.6) is 0 Å². The Bertz CT molecular complexity index is 857. The normalized spacial score (nSPS) is 15.9. The highest BCUT2D eigenvalue weighted by atomic mass is 32.2. The Balaban J connectivity index is 1.89. The van der Waals surface area contributed by atoms with Crippen molar-refractivity contribution in [3.05, 3.63) is 29.8 Å². The largest absolute Gasteiger partial charge is 0.455 e. The summed E-state index contributed by atoms with van der Waals surface area (Å²) in [5, 5.41) is 2.67. The van der Waals surface area contributed by atoms with E-state index in [0.29, 0.717) is 30.9 Å². The highest BCUT2D eigenvalue weighted by molar-refractivity contribution is 7.89. The lowest BCUT2D eigenvalue weighted by molar-refractivity contribution is -0.153. The predicted octanol–water partition coefficient (Wildman–Crippen LogP) is 1.61. The van der Waals surface area contributed by atoms with Crippen LogP contribution in [0.25, 0.3) is 0 Å². The number of carbonyl (C=O) groups is 3. The molecule has 0 spiro atoms. The number of rotatable bonds is 8. The predicted molar refractivity (Wildman–Crippen MR) is 107 cm³/mol. The molecule has 0 bridgehead atoms. The van der Waals surface area contributed by atoms with Crippen molar-refractivity contribution in [3.8, 4) is 0 Å². The molecule has 1 saturated heterocycles. The number of piperidine rings is 1. The van der Waals surface area contributed by atoms with Crippen LogP contribution < -0.4 is 5.32 Å². The molecule has 0 aliphatic carbocycles. The quantitative estimate of drug-likeness (QED) is 0.501. The topological polar surface area (TPSA) is 110 Å². The molecule has 1 amide bonds. The molecular formula is C20H28N2O6S. The van der Waals surface area contributed by atoms with E-state index < -0.39 is 21.9 Å². The first-order chi connectivity index (χ1) is 13.6. The molecule has 1 aliphatic rings. The average Bonchev–Trinajstić information content (AvgIpc) is 2.70. The second-order valence-corrected chi connectivity index (χ2v) is 9.51. The van der Waals surface area contributed by atoms with Crippen LogP contribution in [-0.4, -0.2) is 56.6 Å². The molecule has 1 heterocycles. The summed E-state index contributed by atoms with van der Waals surface area (Å²) in [6.07, 6.45) is 0.635. The molecule has 0 aromatic heterocycles. The van der Waals surface area contributed by atoms with Gasteiger partial charge in [-0.15, -0.1) is 0 Å². The van der Waals surface area contributed by atoms with Crippen molar-refractivity contribution in [1.82, 2.24) is 9.62 Å². The molecule has 0 atom stereocenters. The van der Waals surface area contributed by atoms with Gasteiger partial charge in [0.25, 0.3) is 5.91 Å². The second kappa shape index (κ2) is 9.98. The maximum atomic E-state index is 12.8. The van der Waals surface area contributed by atoms with E-state index in [9.17, 15) is 22.8 Å². The summed E-state index contributed by atoms with van der Waals surface area (Å²) in [5.41, 5.74) is 0.334. The number of nitrogens with zero attached hydrogens (tertiary/aromatic N) is 1. The monoisotopic (exact) mass is 424 g/mol. The Morgan fingerprint density at radius 2 is 1.86 bits per heavy atom. The van der Waals surface area contributed by atoms with Gasteiger partial charge in [-0.3, -0.25) is 14.4 Å². The Hall–Kier alpha value is -2.26. The van der Waals surface area contributed by atoms with E-state index in [1.807, 2.05) is 13.8 Å². The number of hydrogen-bond donors (Lipinski definition) is 1. The van der Waals surface area contributed by atoms with Crippen molar-refractivity contribution in [2.75, 3.05) is 26.2 Å². The third-order valence-corrected chi connectivity index (χ3v) is 6.61. The highest BCUT2D eigenvalue weighted by Crippen LogP contribution is 2.25. The molecule has 8 nitrogen and oxygen atoms in total. The number of hydrogen-bond acceptors (Lipinski definition) is 6. The van der Waals surface area contributed by atoms with Crippen LogP contribution in [-0.2, 0) is 24.3 Å². The molecule has 160 valence electrons. The van der Waals surface area contributed by atoms with Crippen LogP contribution in [0.3, 0.4) is 0 Å². The van der Waals surface area contributed by atoms with Crippen molar-refractivity contribution < 1.29 is 27.5 Å². The van der Waals surface area contributed by atoms with E-state index in [1.165, 1.54) is 29.4 Å². The molecule has 1 aromatic rings. The first kappa shape index (κ1) is 23.0. The molecule has 9 heteroatoms. The average molecular weight is 425 g/mol. The van der Waals surface area contributed by atoms with Gasteiger partial charge in [-0.05, 0) is 37.8 Å². The molecule has 2 rings (SSSR count). The lowest BCUT2D eigenvalue weighted by Crippen LogP contribution is -2.41. The number of benzene rings is 1. The standard InChI is InChI=1S/C20H28N2O6S/c1-14(2)12-21-19(24)13-28-20(25)16-7-9-22(10-8-16)29(26,27)18-6-4-5-17(11-18)15(3)23/h4-6,11,14,16H,7-10,12-13H2,1-3H3,(H,21,24). The van der Waals surface area contributed by atoms with Gasteiger partial charge in [0.05, 0.1) is 10.8 Å². The Labute approximate surface area is 171 Å². The van der Waals surface area contributed by atoms with Gasteiger partial charge < -0.3 is 10.1 Å². The summed E-state index contributed by atoms with van der Waals surface area (Å²) < 4.78 is 32.0. The lowest BCUT2D eigenvalue weighted by Gasteiger charge is -2.30. The van der Waals surface area contributed by atoms with Gasteiger partial charge in [0.1, 0.15) is 0 Å². The summed E-state index contributed by atoms with van der Waals surface area (Å²) in [7, 11) is -3.74. The fourth-order valence-corrected chi connectivity index (χ4v) is 4.50. The summed E-state index contributed by atoms with van der Waals surface area (Å²) >= 11 is 0. The number of ether oxygens (including phenoxy) is 1. The summed E-state index contributed by atoms with van der Waals surface area (Å²) in [4.78, 5) is 35.4. The molecule has 1 fully saturated rings. The Kier molecular flexibility index (Phi) is 7.92. The number of amides is 1. The highest BCUT2D eigenvalue weighted by Gasteiger charge is 2.33. The van der Waals surface area contributed by atoms with E-state index in [4.69, 9.17) is 4.74 Å². The first-order valence-corrected chi connectivity index (χ1v) is 11.1. The van der Waals surface area contributed by atoms with E-state index >= 15 is 0 Å². The lowest BCUT2D eigenvalue weighted by atomic mass is 9.98. The van der Waals surface area contributed by atoms with Gasteiger partial charge in [0.15, 0.2) is 12.4 Å². The summed E-state index contributed by atoms with van der Waals surface area (Å²) in [6, 6.07) is 5.94. The number of esters is 1. The molecular weight excluding hydrogens is 396 g/mol. The molecule has 29 heavy (non-hydrogen) atoms. The summed E-state index contributed by atoms with van der Waals surface area (Å²) in [5.74, 6) is -1.18. The van der Waals surface area contributed by atoms with Gasteiger partial charge in [-0.2, -0.15) is 4.31 Å². The zero-order chi connectivity index (χ0) is 21.6. The molecule has 0 radical (unpaired) electrons. The van der Waals surface area contributed by atoms with Crippen molar-refractivity contribution in [1.29, 1.82) is 0 Å². The fraction of sp³-hybridized carbons (Fsp3) is 0.550. The number of carbonyl (C=O) groups excluding carboxylic acids is 3. The third kappa shape index (κ3) is 6.37. The van der Waals surface area contributed by atoms with E-state index in [0.717, 1.165) is 0 Å². The molecule has 1 aliphatic heterocycles. The van der Waals surface area contributed by atoms with Crippen LogP contribution in [0.1, 0.15) is 44.0 Å². The van der Waals surface area contributed by atoms with Crippen molar-refractivity contribution >= 4 is 27.7 Å². The minimum absolute atomic E-state index is 0.0630. The van der Waals surface area contributed by atoms with Gasteiger partial charge in [-0.1, -0.05) is 26.0 Å². The summed E-state index contributed by atoms with van der Waals surface area (Å²) in [6.45, 7) is 5.83. The van der Waals surface area contributed by atoms with Crippen molar-refractivity contribution in [2.45, 2.75) is 38.5 Å². The maximum Gasteiger partial charge on any atom is 0.309 e. The maximum absolute atomic E-state index is 12.8. The zero-order valence-corrected chi connectivity index (χ0v) is 17.8. The number of Topliss-reactive ketones (excluding diaryl/α,β-unsaturated/α-hetero) is 1. The smallest absolute Gasteiger partial charge is 0.309 e. The first-order valence-electron chi connectivity index (χ1n) is 9.65. The molecule has 0 saturated carbocycles. The van der Waals surface area contributed by atoms with E-state index in [1.54, 1.807) is 6.07 Å². The second-order valence-electron chi connectivity index (χ2n) is 7.57. The molecule has 1 N–H and O–H groups in total. The minimum Gasteiger partial charge on any atom is -0.455 e. The number of nitrogens with one attached hydrogen (secondary N) is 1. The van der Waals surface area contributed by atoms with Crippen LogP contribution in [0, 0.1) is 11.8 Å². The van der Waals surface area contributed by atoms with Crippen molar-refractivity contribution in [2.24, 2.45) is 11.8 Å². The van der Waals surface area contributed by atoms with Gasteiger partial charge in [0.2, 0.25) is 10.0 Å². The van der Waals surface area contributed by atoms with Crippen LogP contribution in [0.4, 0.5) is 0 Å².